The first-order valence-corrected chi connectivity index (χ1v) is 13.5. The van der Waals surface area contributed by atoms with Crippen molar-refractivity contribution in [3.8, 4) is 5.69 Å². The highest BCUT2D eigenvalue weighted by atomic mass is 31.2. The zero-order chi connectivity index (χ0) is 24.7. The number of nitrogens with zero attached hydrogens (tertiary/aromatic N) is 5. The second-order valence-electron chi connectivity index (χ2n) is 8.82. The quantitative estimate of drug-likeness (QED) is 0.366. The van der Waals surface area contributed by atoms with Gasteiger partial charge in [-0.25, -0.2) is 13.7 Å². The summed E-state index contributed by atoms with van der Waals surface area (Å²) < 4.78 is 38.4. The molecule has 0 amide bonds. The summed E-state index contributed by atoms with van der Waals surface area (Å²) in [6, 6.07) is 25.7. The lowest BCUT2D eigenvalue weighted by Crippen LogP contribution is -2.47. The van der Waals surface area contributed by atoms with Crippen molar-refractivity contribution in [2.45, 2.75) is 6.92 Å². The molecule has 2 aliphatic heterocycles. The molecule has 0 unspecified atom stereocenters. The van der Waals surface area contributed by atoms with Gasteiger partial charge >= 0.3 is 7.52 Å². The van der Waals surface area contributed by atoms with Crippen molar-refractivity contribution in [2.24, 2.45) is 4.99 Å². The van der Waals surface area contributed by atoms with Crippen LogP contribution in [0.5, 0.6) is 0 Å². The largest absolute Gasteiger partial charge is 0.410 e. The molecule has 182 valence electrons. The van der Waals surface area contributed by atoms with Crippen molar-refractivity contribution in [3.05, 3.63) is 102 Å². The van der Waals surface area contributed by atoms with Gasteiger partial charge in [-0.1, -0.05) is 36.4 Å². The molecule has 9 heteroatoms. The number of hydrogen-bond acceptors (Lipinski definition) is 5. The monoisotopic (exact) mass is 501 g/mol. The maximum absolute atomic E-state index is 14.8. The lowest BCUT2D eigenvalue weighted by atomic mass is 10.2. The number of benzene rings is 3. The molecule has 0 bridgehead atoms. The van der Waals surface area contributed by atoms with E-state index in [4.69, 9.17) is 14.6 Å². The molecule has 3 heterocycles. The number of aromatic nitrogens is 2. The zero-order valence-electron chi connectivity index (χ0n) is 19.8. The van der Waals surface area contributed by atoms with E-state index in [1.165, 1.54) is 12.1 Å². The molecular formula is C27H25FN5O2P. The van der Waals surface area contributed by atoms with Gasteiger partial charge in [0.05, 0.1) is 11.4 Å². The van der Waals surface area contributed by atoms with E-state index < -0.39 is 7.52 Å². The lowest BCUT2D eigenvalue weighted by molar-refractivity contribution is 0.339. The van der Waals surface area contributed by atoms with Gasteiger partial charge in [-0.15, -0.1) is 0 Å². The SMILES string of the molecule is Cc1nn(-c2ccccc2)c2c1[P@@](=O)(N1CCN(c3ccccc3)CC1)OC(c1ccc(F)cc1)=N2. The predicted octanol–water partition coefficient (Wildman–Crippen LogP) is 5.07. The van der Waals surface area contributed by atoms with E-state index in [9.17, 15) is 8.96 Å². The molecule has 3 aromatic carbocycles. The summed E-state index contributed by atoms with van der Waals surface area (Å²) in [6.45, 7) is 4.37. The molecule has 0 N–H and O–H groups in total. The summed E-state index contributed by atoms with van der Waals surface area (Å²) in [7, 11) is -3.57. The van der Waals surface area contributed by atoms with Gasteiger partial charge in [-0.05, 0) is 55.5 Å². The van der Waals surface area contributed by atoms with Crippen molar-refractivity contribution in [1.82, 2.24) is 14.5 Å². The van der Waals surface area contributed by atoms with Crippen LogP contribution in [0, 0.1) is 12.7 Å². The second kappa shape index (κ2) is 9.04. The van der Waals surface area contributed by atoms with Gasteiger partial charge in [0, 0.05) is 37.4 Å². The highest BCUT2D eigenvalue weighted by molar-refractivity contribution is 7.65. The van der Waals surface area contributed by atoms with E-state index in [-0.39, 0.29) is 11.7 Å². The number of aryl methyl sites for hydroxylation is 1. The molecule has 6 rings (SSSR count). The van der Waals surface area contributed by atoms with Crippen LogP contribution in [0.15, 0.2) is 89.9 Å². The Labute approximate surface area is 209 Å². The Morgan fingerprint density at radius 3 is 2.08 bits per heavy atom. The summed E-state index contributed by atoms with van der Waals surface area (Å²) in [4.78, 5) is 7.04. The minimum absolute atomic E-state index is 0.202. The normalized spacial score (nSPS) is 19.9. The van der Waals surface area contributed by atoms with Crippen LogP contribution in [0.25, 0.3) is 5.69 Å². The van der Waals surface area contributed by atoms with Gasteiger partial charge in [0.15, 0.2) is 5.82 Å². The van der Waals surface area contributed by atoms with Gasteiger partial charge < -0.3 is 9.42 Å². The molecule has 1 saturated heterocycles. The molecule has 0 radical (unpaired) electrons. The minimum Gasteiger partial charge on any atom is -0.410 e. The van der Waals surface area contributed by atoms with Crippen LogP contribution in [-0.4, -0.2) is 46.5 Å². The highest BCUT2D eigenvalue weighted by Gasteiger charge is 2.46. The topological polar surface area (TPSA) is 63.0 Å². The van der Waals surface area contributed by atoms with Crippen molar-refractivity contribution in [1.29, 1.82) is 0 Å². The van der Waals surface area contributed by atoms with Gasteiger partial charge in [0.1, 0.15) is 11.1 Å². The Morgan fingerprint density at radius 1 is 0.833 bits per heavy atom. The number of anilines is 1. The van der Waals surface area contributed by atoms with E-state index in [0.717, 1.165) is 11.4 Å². The van der Waals surface area contributed by atoms with Gasteiger partial charge in [-0.2, -0.15) is 10.1 Å². The lowest BCUT2D eigenvalue weighted by Gasteiger charge is -2.40. The molecule has 36 heavy (non-hydrogen) atoms. The van der Waals surface area contributed by atoms with Crippen LogP contribution in [0.2, 0.25) is 0 Å². The maximum Gasteiger partial charge on any atom is 0.356 e. The van der Waals surface area contributed by atoms with Crippen molar-refractivity contribution < 1.29 is 13.5 Å². The third-order valence-electron chi connectivity index (χ3n) is 6.55. The molecule has 0 aliphatic carbocycles. The van der Waals surface area contributed by atoms with Gasteiger partial charge in [-0.3, -0.25) is 4.57 Å². The minimum atomic E-state index is -3.57. The predicted molar refractivity (Wildman–Crippen MR) is 139 cm³/mol. The third-order valence-corrected chi connectivity index (χ3v) is 9.20. The van der Waals surface area contributed by atoms with Gasteiger partial charge in [0.25, 0.3) is 0 Å². The Hall–Kier alpha value is -3.74. The fourth-order valence-electron chi connectivity index (χ4n) is 4.73. The second-order valence-corrected chi connectivity index (χ2v) is 11.1. The Kier molecular flexibility index (Phi) is 5.70. The summed E-state index contributed by atoms with van der Waals surface area (Å²) in [6.07, 6.45) is 0. The number of rotatable bonds is 4. The number of piperazine rings is 1. The van der Waals surface area contributed by atoms with Crippen LogP contribution in [0.4, 0.5) is 15.9 Å². The number of fused-ring (bicyclic) bond motifs is 1. The zero-order valence-corrected chi connectivity index (χ0v) is 20.7. The molecule has 0 spiro atoms. The number of para-hydroxylation sites is 2. The molecule has 7 nitrogen and oxygen atoms in total. The first-order chi connectivity index (χ1) is 17.5. The fraction of sp³-hybridized carbons (Fsp3) is 0.185. The molecule has 1 aromatic heterocycles. The number of hydrogen-bond donors (Lipinski definition) is 0. The molecule has 0 saturated carbocycles. The fourth-order valence-corrected chi connectivity index (χ4v) is 7.16. The first-order valence-electron chi connectivity index (χ1n) is 11.9. The van der Waals surface area contributed by atoms with Crippen molar-refractivity contribution >= 4 is 30.2 Å². The smallest absolute Gasteiger partial charge is 0.356 e. The van der Waals surface area contributed by atoms with Crippen LogP contribution in [0.3, 0.4) is 0 Å². The van der Waals surface area contributed by atoms with Crippen LogP contribution in [0.1, 0.15) is 11.3 Å². The van der Waals surface area contributed by atoms with Crippen LogP contribution < -0.4 is 10.2 Å². The summed E-state index contributed by atoms with van der Waals surface area (Å²) in [5, 5.41) is 5.24. The molecular weight excluding hydrogens is 476 g/mol. The Balaban J connectivity index is 1.42. The summed E-state index contributed by atoms with van der Waals surface area (Å²) in [5.41, 5.74) is 3.13. The van der Waals surface area contributed by atoms with Crippen LogP contribution in [-0.2, 0) is 9.09 Å². The Bertz CT molecular complexity index is 1460. The van der Waals surface area contributed by atoms with E-state index in [1.807, 2.05) is 60.1 Å². The first kappa shape index (κ1) is 22.7. The molecule has 1 atom stereocenters. The molecule has 4 aromatic rings. The van der Waals surface area contributed by atoms with Crippen molar-refractivity contribution in [3.63, 3.8) is 0 Å². The van der Waals surface area contributed by atoms with Crippen LogP contribution >= 0.6 is 7.52 Å². The number of aliphatic imine (C=N–C) groups is 1. The summed E-state index contributed by atoms with van der Waals surface area (Å²) in [5.74, 6) is 0.327. The standard InChI is InChI=1S/C27H25FN5O2P/c1-20-25-26(33(30-20)24-10-6-3-7-11-24)29-27(21-12-14-22(28)15-13-21)35-36(25,34)32-18-16-31(17-19-32)23-8-4-2-5-9-23/h2-15H,16-19H2,1H3/t36-/m0/s1. The average Bonchev–Trinajstić information content (AvgIpc) is 3.27. The number of halogens is 1. The van der Waals surface area contributed by atoms with E-state index in [1.54, 1.807) is 16.8 Å². The van der Waals surface area contributed by atoms with E-state index in [2.05, 4.69) is 17.0 Å². The third kappa shape index (κ3) is 3.92. The average molecular weight is 502 g/mol. The highest BCUT2D eigenvalue weighted by Crippen LogP contribution is 2.56. The summed E-state index contributed by atoms with van der Waals surface area (Å²) >= 11 is 0. The molecule has 1 fully saturated rings. The van der Waals surface area contributed by atoms with E-state index in [0.29, 0.717) is 48.6 Å². The van der Waals surface area contributed by atoms with E-state index >= 15 is 0 Å². The maximum atomic E-state index is 14.8. The molecule has 2 aliphatic rings. The van der Waals surface area contributed by atoms with Gasteiger partial charge in [0.2, 0.25) is 5.90 Å². The van der Waals surface area contributed by atoms with Crippen molar-refractivity contribution in [2.75, 3.05) is 31.1 Å². The Morgan fingerprint density at radius 2 is 1.44 bits per heavy atom.